The van der Waals surface area contributed by atoms with Gasteiger partial charge in [-0.1, -0.05) is 36.4 Å². The average molecular weight is 537 g/mol. The Labute approximate surface area is 201 Å². The molecule has 0 unspecified atom stereocenters. The van der Waals surface area contributed by atoms with Gasteiger partial charge in [0.1, 0.15) is 5.75 Å². The molecule has 7 nitrogen and oxygen atoms in total. The van der Waals surface area contributed by atoms with E-state index in [4.69, 9.17) is 4.74 Å². The molecule has 0 bridgehead atoms. The summed E-state index contributed by atoms with van der Waals surface area (Å²) in [6.45, 7) is 6.52. The minimum Gasteiger partial charge on any atom is -0.494 e. The fourth-order valence-electron chi connectivity index (χ4n) is 3.47. The summed E-state index contributed by atoms with van der Waals surface area (Å²) in [7, 11) is 1.70. The van der Waals surface area contributed by atoms with Crippen LogP contribution in [0.15, 0.2) is 59.6 Å². The molecule has 1 fully saturated rings. The minimum absolute atomic E-state index is 0. The molecule has 2 aromatic rings. The second-order valence-corrected chi connectivity index (χ2v) is 7.02. The Morgan fingerprint density at radius 1 is 1.00 bits per heavy atom. The van der Waals surface area contributed by atoms with E-state index in [1.54, 1.807) is 7.05 Å². The normalized spacial score (nSPS) is 13.9. The predicted octanol–water partition coefficient (Wildman–Crippen LogP) is 2.72. The number of benzene rings is 2. The van der Waals surface area contributed by atoms with Gasteiger partial charge >= 0.3 is 0 Å². The molecule has 31 heavy (non-hydrogen) atoms. The summed E-state index contributed by atoms with van der Waals surface area (Å²) < 4.78 is 5.66. The van der Waals surface area contributed by atoms with E-state index in [0.29, 0.717) is 19.1 Å². The largest absolute Gasteiger partial charge is 0.494 e. The third kappa shape index (κ3) is 7.30. The third-order valence-corrected chi connectivity index (χ3v) is 5.10. The number of guanidine groups is 1. The van der Waals surface area contributed by atoms with Crippen molar-refractivity contribution in [3.63, 3.8) is 0 Å². The van der Waals surface area contributed by atoms with Crippen LogP contribution in [0.4, 0.5) is 5.69 Å². The molecule has 0 aliphatic carbocycles. The first kappa shape index (κ1) is 24.8. The van der Waals surface area contributed by atoms with Crippen molar-refractivity contribution in [2.24, 2.45) is 4.99 Å². The van der Waals surface area contributed by atoms with Gasteiger partial charge in [0.2, 0.25) is 5.91 Å². The maximum atomic E-state index is 12.6. The Kier molecular flexibility index (Phi) is 10.4. The van der Waals surface area contributed by atoms with Crippen molar-refractivity contribution in [3.05, 3.63) is 60.2 Å². The van der Waals surface area contributed by atoms with Gasteiger partial charge in [0.05, 0.1) is 13.2 Å². The summed E-state index contributed by atoms with van der Waals surface area (Å²) in [4.78, 5) is 21.1. The number of amides is 1. The van der Waals surface area contributed by atoms with Crippen LogP contribution in [-0.4, -0.2) is 63.1 Å². The zero-order valence-corrected chi connectivity index (χ0v) is 20.5. The van der Waals surface area contributed by atoms with Gasteiger partial charge in [-0.05, 0) is 25.1 Å². The first-order valence-corrected chi connectivity index (χ1v) is 10.4. The highest BCUT2D eigenvalue weighted by atomic mass is 127. The van der Waals surface area contributed by atoms with Crippen LogP contribution in [-0.2, 0) is 11.3 Å². The maximum absolute atomic E-state index is 12.6. The van der Waals surface area contributed by atoms with Crippen LogP contribution < -0.4 is 20.3 Å². The molecule has 0 aromatic heterocycles. The molecule has 0 spiro atoms. The first-order chi connectivity index (χ1) is 14.7. The second kappa shape index (κ2) is 13.0. The third-order valence-electron chi connectivity index (χ3n) is 5.10. The zero-order chi connectivity index (χ0) is 21.2. The van der Waals surface area contributed by atoms with Crippen LogP contribution in [0, 0.1) is 0 Å². The smallest absolute Gasteiger partial charge is 0.242 e. The molecular formula is C23H32IN5O2. The summed E-state index contributed by atoms with van der Waals surface area (Å²) in [5.74, 6) is 1.54. The van der Waals surface area contributed by atoms with Gasteiger partial charge in [-0.2, -0.15) is 0 Å². The predicted molar refractivity (Wildman–Crippen MR) is 136 cm³/mol. The Morgan fingerprint density at radius 2 is 1.68 bits per heavy atom. The molecule has 2 N–H and O–H groups in total. The van der Waals surface area contributed by atoms with Crippen molar-refractivity contribution >= 4 is 41.5 Å². The lowest BCUT2D eigenvalue weighted by atomic mass is 10.2. The minimum atomic E-state index is 0. The number of carbonyl (C=O) groups is 1. The standard InChI is InChI=1S/C23H31N5O2.HI/c1-3-30-21-12-8-7-9-19(21)17-25-23(24-2)26-18-22(29)28-15-13-27(14-16-28)20-10-5-4-6-11-20;/h4-12H,3,13-18H2,1-2H3,(H2,24,25,26);1H. The SMILES string of the molecule is CCOc1ccccc1CNC(=NC)NCC(=O)N1CCN(c2ccccc2)CC1.I. The molecule has 1 saturated heterocycles. The summed E-state index contributed by atoms with van der Waals surface area (Å²) >= 11 is 0. The van der Waals surface area contributed by atoms with Crippen LogP contribution in [0.25, 0.3) is 0 Å². The number of piperazine rings is 1. The molecule has 0 radical (unpaired) electrons. The van der Waals surface area contributed by atoms with Crippen molar-refractivity contribution in [2.75, 3.05) is 51.3 Å². The molecule has 2 aromatic carbocycles. The van der Waals surface area contributed by atoms with Gasteiger partial charge in [0.25, 0.3) is 0 Å². The number of rotatable bonds is 7. The Bertz CT molecular complexity index is 839. The van der Waals surface area contributed by atoms with E-state index < -0.39 is 0 Å². The highest BCUT2D eigenvalue weighted by Crippen LogP contribution is 2.17. The van der Waals surface area contributed by atoms with Crippen LogP contribution in [0.5, 0.6) is 5.75 Å². The number of para-hydroxylation sites is 2. The van der Waals surface area contributed by atoms with Gasteiger partial charge in [-0.25, -0.2) is 0 Å². The number of nitrogens with one attached hydrogen (secondary N) is 2. The van der Waals surface area contributed by atoms with Gasteiger partial charge in [0.15, 0.2) is 5.96 Å². The number of ether oxygens (including phenoxy) is 1. The summed E-state index contributed by atoms with van der Waals surface area (Å²) in [5.41, 5.74) is 2.25. The molecule has 1 aliphatic rings. The number of hydrogen-bond acceptors (Lipinski definition) is 4. The Hall–Kier alpha value is -2.49. The van der Waals surface area contributed by atoms with E-state index in [2.05, 4.69) is 32.7 Å². The fraction of sp³-hybridized carbons (Fsp3) is 0.391. The molecular weight excluding hydrogens is 505 g/mol. The van der Waals surface area contributed by atoms with E-state index in [0.717, 1.165) is 37.5 Å². The van der Waals surface area contributed by atoms with Crippen molar-refractivity contribution in [2.45, 2.75) is 13.5 Å². The van der Waals surface area contributed by atoms with Crippen molar-refractivity contribution in [3.8, 4) is 5.75 Å². The number of aliphatic imine (C=N–C) groups is 1. The average Bonchev–Trinajstić information content (AvgIpc) is 2.81. The number of nitrogens with zero attached hydrogens (tertiary/aromatic N) is 3. The zero-order valence-electron chi connectivity index (χ0n) is 18.2. The molecule has 168 valence electrons. The highest BCUT2D eigenvalue weighted by Gasteiger charge is 2.21. The second-order valence-electron chi connectivity index (χ2n) is 7.02. The van der Waals surface area contributed by atoms with Crippen molar-refractivity contribution in [1.29, 1.82) is 0 Å². The lowest BCUT2D eigenvalue weighted by Crippen LogP contribution is -2.52. The molecule has 3 rings (SSSR count). The lowest BCUT2D eigenvalue weighted by Gasteiger charge is -2.36. The van der Waals surface area contributed by atoms with Crippen LogP contribution in [0.2, 0.25) is 0 Å². The molecule has 1 amide bonds. The summed E-state index contributed by atoms with van der Waals surface area (Å²) in [6.07, 6.45) is 0. The van der Waals surface area contributed by atoms with Crippen LogP contribution in [0.1, 0.15) is 12.5 Å². The Balaban J connectivity index is 0.00000341. The summed E-state index contributed by atoms with van der Waals surface area (Å²) in [5, 5.41) is 6.38. The molecule has 0 saturated carbocycles. The van der Waals surface area contributed by atoms with E-state index in [9.17, 15) is 4.79 Å². The van der Waals surface area contributed by atoms with Gasteiger partial charge < -0.3 is 25.2 Å². The van der Waals surface area contributed by atoms with Gasteiger partial charge in [-0.15, -0.1) is 24.0 Å². The van der Waals surface area contributed by atoms with E-state index in [1.165, 1.54) is 5.69 Å². The number of hydrogen-bond donors (Lipinski definition) is 2. The van der Waals surface area contributed by atoms with Crippen molar-refractivity contribution < 1.29 is 9.53 Å². The topological polar surface area (TPSA) is 69.2 Å². The van der Waals surface area contributed by atoms with Gasteiger partial charge in [-0.3, -0.25) is 9.79 Å². The molecule has 1 heterocycles. The fourth-order valence-corrected chi connectivity index (χ4v) is 3.47. The molecule has 1 aliphatic heterocycles. The summed E-state index contributed by atoms with van der Waals surface area (Å²) in [6, 6.07) is 18.2. The number of anilines is 1. The molecule has 0 atom stereocenters. The molecule has 8 heteroatoms. The van der Waals surface area contributed by atoms with E-state index in [1.807, 2.05) is 54.3 Å². The van der Waals surface area contributed by atoms with E-state index >= 15 is 0 Å². The van der Waals surface area contributed by atoms with Crippen LogP contribution >= 0.6 is 24.0 Å². The van der Waals surface area contributed by atoms with E-state index in [-0.39, 0.29) is 36.4 Å². The number of carbonyl (C=O) groups excluding carboxylic acids is 1. The van der Waals surface area contributed by atoms with Crippen LogP contribution in [0.3, 0.4) is 0 Å². The maximum Gasteiger partial charge on any atom is 0.242 e. The monoisotopic (exact) mass is 537 g/mol. The lowest BCUT2D eigenvalue weighted by molar-refractivity contribution is -0.130. The van der Waals surface area contributed by atoms with Gasteiger partial charge in [0, 0.05) is 51.0 Å². The highest BCUT2D eigenvalue weighted by molar-refractivity contribution is 14.0. The quantitative estimate of drug-likeness (QED) is 0.323. The van der Waals surface area contributed by atoms with Crippen molar-refractivity contribution in [1.82, 2.24) is 15.5 Å². The first-order valence-electron chi connectivity index (χ1n) is 10.4. The Morgan fingerprint density at radius 3 is 2.35 bits per heavy atom. The number of halogens is 1.